The van der Waals surface area contributed by atoms with Gasteiger partial charge in [-0.15, -0.1) is 0 Å². The summed E-state index contributed by atoms with van der Waals surface area (Å²) in [6, 6.07) is 18.7. The van der Waals surface area contributed by atoms with E-state index in [0.29, 0.717) is 32.4 Å². The van der Waals surface area contributed by atoms with Crippen LogP contribution in [0.1, 0.15) is 49.1 Å². The molecule has 4 rings (SSSR count). The van der Waals surface area contributed by atoms with Crippen molar-refractivity contribution in [3.8, 4) is 0 Å². The topological polar surface area (TPSA) is 57.6 Å². The lowest BCUT2D eigenvalue weighted by molar-refractivity contribution is -0.132. The van der Waals surface area contributed by atoms with Gasteiger partial charge in [-0.2, -0.15) is 0 Å². The van der Waals surface area contributed by atoms with Crippen LogP contribution in [0.15, 0.2) is 72.3 Å². The normalized spacial score (nSPS) is 17.9. The number of ketones is 1. The first-order chi connectivity index (χ1) is 16.0. The monoisotopic (exact) mass is 493 g/mol. The number of anilines is 1. The molecule has 1 aliphatic heterocycles. The molecule has 1 unspecified atom stereocenters. The van der Waals surface area contributed by atoms with Crippen molar-refractivity contribution in [3.05, 3.63) is 105 Å². The van der Waals surface area contributed by atoms with E-state index in [1.165, 1.54) is 4.90 Å². The molecule has 0 saturated carbocycles. The van der Waals surface area contributed by atoms with Crippen molar-refractivity contribution in [1.82, 2.24) is 0 Å². The molecule has 4 nitrogen and oxygen atoms in total. The summed E-state index contributed by atoms with van der Waals surface area (Å²) in [5.74, 6) is -1.72. The number of aliphatic hydroxyl groups is 1. The van der Waals surface area contributed by atoms with Crippen molar-refractivity contribution in [2.45, 2.75) is 39.2 Å². The zero-order chi connectivity index (χ0) is 24.8. The predicted octanol–water partition coefficient (Wildman–Crippen LogP) is 7.23. The number of halogens is 2. The number of aliphatic hydroxyl groups excluding tert-OH is 1. The summed E-state index contributed by atoms with van der Waals surface area (Å²) in [7, 11) is 0. The number of Topliss-reactive ketones (excluding diaryl/α,β-unsaturated/α-hetero) is 1. The SMILES string of the molecule is Cc1c(Cl)cccc1N1C(=O)C(=O)/C(=C(/O)c2ccc(Cl)cc2)C1c1ccc(C(C)(C)C)cc1. The molecule has 3 aromatic carbocycles. The number of hydrogen-bond acceptors (Lipinski definition) is 3. The molecule has 174 valence electrons. The molecule has 6 heteroatoms. The van der Waals surface area contributed by atoms with Crippen LogP contribution in [0.4, 0.5) is 5.69 Å². The molecule has 1 fully saturated rings. The molecule has 1 amide bonds. The maximum atomic E-state index is 13.3. The van der Waals surface area contributed by atoms with Gasteiger partial charge in [0, 0.05) is 21.3 Å². The van der Waals surface area contributed by atoms with Gasteiger partial charge >= 0.3 is 0 Å². The van der Waals surface area contributed by atoms with E-state index in [1.54, 1.807) is 49.4 Å². The van der Waals surface area contributed by atoms with E-state index < -0.39 is 17.7 Å². The number of benzene rings is 3. The Morgan fingerprint density at radius 2 is 1.53 bits per heavy atom. The molecule has 34 heavy (non-hydrogen) atoms. The zero-order valence-corrected chi connectivity index (χ0v) is 20.9. The van der Waals surface area contributed by atoms with E-state index in [1.807, 2.05) is 24.3 Å². The van der Waals surface area contributed by atoms with E-state index >= 15 is 0 Å². The van der Waals surface area contributed by atoms with E-state index in [0.717, 1.165) is 5.56 Å². The lowest BCUT2D eigenvalue weighted by Crippen LogP contribution is -2.30. The first-order valence-corrected chi connectivity index (χ1v) is 11.7. The van der Waals surface area contributed by atoms with Crippen LogP contribution in [-0.4, -0.2) is 16.8 Å². The van der Waals surface area contributed by atoms with E-state index in [4.69, 9.17) is 23.2 Å². The summed E-state index contributed by atoms with van der Waals surface area (Å²) in [5.41, 5.74) is 3.39. The Bertz CT molecular complexity index is 1300. The molecule has 3 aromatic rings. The summed E-state index contributed by atoms with van der Waals surface area (Å²) in [6.45, 7) is 8.15. The third-order valence-electron chi connectivity index (χ3n) is 6.15. The Balaban J connectivity index is 1.96. The third kappa shape index (κ3) is 4.24. The maximum Gasteiger partial charge on any atom is 0.300 e. The molecule has 0 aromatic heterocycles. The molecular weight excluding hydrogens is 469 g/mol. The van der Waals surface area contributed by atoms with Gasteiger partial charge in [0.05, 0.1) is 11.6 Å². The fraction of sp³-hybridized carbons (Fsp3) is 0.214. The van der Waals surface area contributed by atoms with Crippen LogP contribution in [0.2, 0.25) is 10.0 Å². The maximum absolute atomic E-state index is 13.3. The number of amides is 1. The van der Waals surface area contributed by atoms with Gasteiger partial charge in [-0.05, 0) is 65.4 Å². The largest absolute Gasteiger partial charge is 0.507 e. The van der Waals surface area contributed by atoms with Crippen LogP contribution in [0.5, 0.6) is 0 Å². The summed E-state index contributed by atoms with van der Waals surface area (Å²) in [6.07, 6.45) is 0. The second-order valence-electron chi connectivity index (χ2n) is 9.43. The highest BCUT2D eigenvalue weighted by Gasteiger charge is 2.47. The summed E-state index contributed by atoms with van der Waals surface area (Å²) in [4.78, 5) is 28.1. The van der Waals surface area contributed by atoms with Gasteiger partial charge in [0.1, 0.15) is 5.76 Å². The molecule has 0 bridgehead atoms. The number of carbonyl (C=O) groups excluding carboxylic acids is 2. The first-order valence-electron chi connectivity index (χ1n) is 10.9. The molecule has 1 heterocycles. The molecular formula is C28H25Cl2NO3. The molecule has 1 aliphatic rings. The Labute approximate surface area is 209 Å². The molecule has 0 aliphatic carbocycles. The van der Waals surface area contributed by atoms with Crippen molar-refractivity contribution >= 4 is 46.3 Å². The number of hydrogen-bond donors (Lipinski definition) is 1. The standard InChI is InChI=1S/C28H25Cl2NO3/c1-16-21(30)6-5-7-22(16)31-24(17-8-12-19(13-9-17)28(2,3)4)23(26(33)27(31)34)25(32)18-10-14-20(29)15-11-18/h5-15,24,32H,1-4H3/b25-23+. The summed E-state index contributed by atoms with van der Waals surface area (Å²) < 4.78 is 0. The van der Waals surface area contributed by atoms with Crippen molar-refractivity contribution in [2.24, 2.45) is 0 Å². The van der Waals surface area contributed by atoms with E-state index in [9.17, 15) is 14.7 Å². The van der Waals surface area contributed by atoms with Crippen LogP contribution < -0.4 is 4.90 Å². The fourth-order valence-corrected chi connectivity index (χ4v) is 4.48. The highest BCUT2D eigenvalue weighted by molar-refractivity contribution is 6.52. The Hall–Kier alpha value is -3.08. The minimum atomic E-state index is -0.818. The number of rotatable bonds is 3. The van der Waals surface area contributed by atoms with Gasteiger partial charge in [-0.25, -0.2) is 0 Å². The van der Waals surface area contributed by atoms with Crippen LogP contribution in [-0.2, 0) is 15.0 Å². The van der Waals surface area contributed by atoms with E-state index in [2.05, 4.69) is 20.8 Å². The van der Waals surface area contributed by atoms with Crippen LogP contribution in [0.25, 0.3) is 5.76 Å². The van der Waals surface area contributed by atoms with E-state index in [-0.39, 0.29) is 16.7 Å². The predicted molar refractivity (Wildman–Crippen MR) is 138 cm³/mol. The lowest BCUT2D eigenvalue weighted by atomic mass is 9.85. The number of nitrogens with zero attached hydrogens (tertiary/aromatic N) is 1. The molecule has 1 saturated heterocycles. The molecule has 1 atom stereocenters. The third-order valence-corrected chi connectivity index (χ3v) is 6.81. The smallest absolute Gasteiger partial charge is 0.300 e. The van der Waals surface area contributed by atoms with Gasteiger partial charge in [-0.3, -0.25) is 14.5 Å². The highest BCUT2D eigenvalue weighted by Crippen LogP contribution is 2.44. The summed E-state index contributed by atoms with van der Waals surface area (Å²) >= 11 is 12.4. The molecule has 1 N–H and O–H groups in total. The van der Waals surface area contributed by atoms with Crippen molar-refractivity contribution in [1.29, 1.82) is 0 Å². The van der Waals surface area contributed by atoms with Gasteiger partial charge in [0.2, 0.25) is 0 Å². The van der Waals surface area contributed by atoms with Crippen LogP contribution in [0.3, 0.4) is 0 Å². The Kier molecular flexibility index (Phi) is 6.32. The summed E-state index contributed by atoms with van der Waals surface area (Å²) in [5, 5.41) is 12.2. The van der Waals surface area contributed by atoms with Crippen molar-refractivity contribution < 1.29 is 14.7 Å². The molecule has 0 radical (unpaired) electrons. The minimum Gasteiger partial charge on any atom is -0.507 e. The molecule has 0 spiro atoms. The average molecular weight is 494 g/mol. The Morgan fingerprint density at radius 3 is 2.12 bits per heavy atom. The van der Waals surface area contributed by atoms with Crippen LogP contribution >= 0.6 is 23.2 Å². The second-order valence-corrected chi connectivity index (χ2v) is 10.3. The Morgan fingerprint density at radius 1 is 0.912 bits per heavy atom. The minimum absolute atomic E-state index is 0.0233. The van der Waals surface area contributed by atoms with Gasteiger partial charge in [0.15, 0.2) is 0 Å². The first kappa shape index (κ1) is 24.1. The average Bonchev–Trinajstić information content (AvgIpc) is 3.06. The van der Waals surface area contributed by atoms with Gasteiger partial charge < -0.3 is 5.11 Å². The zero-order valence-electron chi connectivity index (χ0n) is 19.4. The lowest BCUT2D eigenvalue weighted by Gasteiger charge is -2.28. The van der Waals surface area contributed by atoms with Crippen molar-refractivity contribution in [3.63, 3.8) is 0 Å². The second kappa shape index (κ2) is 8.94. The number of carbonyl (C=O) groups is 2. The fourth-order valence-electron chi connectivity index (χ4n) is 4.18. The highest BCUT2D eigenvalue weighted by atomic mass is 35.5. The van der Waals surface area contributed by atoms with Gasteiger partial charge in [-0.1, -0.05) is 74.3 Å². The van der Waals surface area contributed by atoms with Crippen LogP contribution in [0, 0.1) is 6.92 Å². The van der Waals surface area contributed by atoms with Crippen molar-refractivity contribution in [2.75, 3.05) is 4.90 Å². The van der Waals surface area contributed by atoms with Gasteiger partial charge in [0.25, 0.3) is 11.7 Å². The quantitative estimate of drug-likeness (QED) is 0.238.